The molecule has 1 aliphatic rings. The number of hydrogen-bond acceptors (Lipinski definition) is 3. The lowest BCUT2D eigenvalue weighted by Crippen LogP contribution is -2.52. The predicted molar refractivity (Wildman–Crippen MR) is 81.9 cm³/mol. The summed E-state index contributed by atoms with van der Waals surface area (Å²) in [5.41, 5.74) is -0.000306. The van der Waals surface area contributed by atoms with Crippen molar-refractivity contribution in [1.82, 2.24) is 14.9 Å². The van der Waals surface area contributed by atoms with Gasteiger partial charge in [0.1, 0.15) is 5.82 Å². The molecule has 1 unspecified atom stereocenters. The number of rotatable bonds is 8. The number of hydrogen-bond donors (Lipinski definition) is 1. The highest BCUT2D eigenvalue weighted by molar-refractivity contribution is 5.04. The monoisotopic (exact) mass is 279 g/mol. The standard InChI is InChI=1S/C16H29N3O/c1-4-10-17-14(16(20-3)8-6-7-9-16)13-15-18-11-12-19(15)5-2/h11-12,14,17H,4-10,13H2,1-3H3. The topological polar surface area (TPSA) is 39.1 Å². The number of nitrogens with one attached hydrogen (secondary N) is 1. The first-order valence-electron chi connectivity index (χ1n) is 8.04. The molecule has 1 fully saturated rings. The molecule has 20 heavy (non-hydrogen) atoms. The van der Waals surface area contributed by atoms with Gasteiger partial charge < -0.3 is 14.6 Å². The molecule has 0 bridgehead atoms. The number of nitrogens with zero attached hydrogens (tertiary/aromatic N) is 2. The van der Waals surface area contributed by atoms with Crippen molar-refractivity contribution in [2.45, 2.75) is 70.6 Å². The molecule has 1 aliphatic carbocycles. The van der Waals surface area contributed by atoms with Gasteiger partial charge in [-0.3, -0.25) is 0 Å². The van der Waals surface area contributed by atoms with E-state index in [2.05, 4.69) is 34.9 Å². The van der Waals surface area contributed by atoms with Crippen LogP contribution < -0.4 is 5.32 Å². The van der Waals surface area contributed by atoms with Crippen molar-refractivity contribution >= 4 is 0 Å². The number of imidazole rings is 1. The summed E-state index contributed by atoms with van der Waals surface area (Å²) in [6.07, 6.45) is 11.0. The summed E-state index contributed by atoms with van der Waals surface area (Å²) < 4.78 is 8.22. The zero-order valence-corrected chi connectivity index (χ0v) is 13.2. The number of aromatic nitrogens is 2. The van der Waals surface area contributed by atoms with E-state index in [9.17, 15) is 0 Å². The fraction of sp³-hybridized carbons (Fsp3) is 0.812. The summed E-state index contributed by atoms with van der Waals surface area (Å²) >= 11 is 0. The zero-order chi connectivity index (χ0) is 14.4. The smallest absolute Gasteiger partial charge is 0.110 e. The maximum absolute atomic E-state index is 5.98. The first-order valence-corrected chi connectivity index (χ1v) is 8.04. The van der Waals surface area contributed by atoms with E-state index in [0.717, 1.165) is 38.8 Å². The molecule has 4 heteroatoms. The van der Waals surface area contributed by atoms with Gasteiger partial charge in [-0.1, -0.05) is 19.8 Å². The average Bonchev–Trinajstić information content (AvgIpc) is 3.12. The van der Waals surface area contributed by atoms with Crippen LogP contribution in [0.25, 0.3) is 0 Å². The van der Waals surface area contributed by atoms with Gasteiger partial charge in [-0.05, 0) is 32.7 Å². The maximum Gasteiger partial charge on any atom is 0.110 e. The van der Waals surface area contributed by atoms with Crippen molar-refractivity contribution < 1.29 is 4.74 Å². The van der Waals surface area contributed by atoms with E-state index in [0.29, 0.717) is 6.04 Å². The Hall–Kier alpha value is -0.870. The molecule has 0 radical (unpaired) electrons. The molecule has 0 saturated heterocycles. The summed E-state index contributed by atoms with van der Waals surface area (Å²) in [4.78, 5) is 4.54. The van der Waals surface area contributed by atoms with Gasteiger partial charge in [0.15, 0.2) is 0 Å². The number of ether oxygens (including phenoxy) is 1. The molecule has 2 rings (SSSR count). The van der Waals surface area contributed by atoms with Crippen LogP contribution in [0.15, 0.2) is 12.4 Å². The van der Waals surface area contributed by atoms with E-state index in [1.54, 1.807) is 0 Å². The van der Waals surface area contributed by atoms with Gasteiger partial charge in [0.05, 0.1) is 5.60 Å². The fourth-order valence-electron chi connectivity index (χ4n) is 3.43. The van der Waals surface area contributed by atoms with E-state index in [4.69, 9.17) is 4.74 Å². The second-order valence-corrected chi connectivity index (χ2v) is 5.82. The maximum atomic E-state index is 5.98. The van der Waals surface area contributed by atoms with Gasteiger partial charge in [0.25, 0.3) is 0 Å². The molecule has 0 aliphatic heterocycles. The quantitative estimate of drug-likeness (QED) is 0.795. The van der Waals surface area contributed by atoms with Crippen molar-refractivity contribution in [3.63, 3.8) is 0 Å². The Morgan fingerprint density at radius 3 is 2.75 bits per heavy atom. The highest BCUT2D eigenvalue weighted by atomic mass is 16.5. The van der Waals surface area contributed by atoms with Crippen molar-refractivity contribution in [2.24, 2.45) is 0 Å². The lowest BCUT2D eigenvalue weighted by Gasteiger charge is -2.37. The molecule has 1 atom stereocenters. The van der Waals surface area contributed by atoms with Crippen LogP contribution in [0.4, 0.5) is 0 Å². The van der Waals surface area contributed by atoms with Crippen molar-refractivity contribution in [1.29, 1.82) is 0 Å². The van der Waals surface area contributed by atoms with Crippen LogP contribution in [-0.4, -0.2) is 34.8 Å². The van der Waals surface area contributed by atoms with Gasteiger partial charge in [0.2, 0.25) is 0 Å². The minimum Gasteiger partial charge on any atom is -0.377 e. The Bertz CT molecular complexity index is 396. The fourth-order valence-corrected chi connectivity index (χ4v) is 3.43. The summed E-state index contributed by atoms with van der Waals surface area (Å²) in [7, 11) is 1.87. The summed E-state index contributed by atoms with van der Waals surface area (Å²) in [5, 5.41) is 3.71. The average molecular weight is 279 g/mol. The first-order chi connectivity index (χ1) is 9.75. The molecule has 0 aromatic carbocycles. The minimum absolute atomic E-state index is 0.000306. The third kappa shape index (κ3) is 3.23. The molecule has 0 amide bonds. The van der Waals surface area contributed by atoms with E-state index in [1.807, 2.05) is 13.3 Å². The third-order valence-corrected chi connectivity index (χ3v) is 4.66. The summed E-state index contributed by atoms with van der Waals surface area (Å²) in [6, 6.07) is 0.364. The number of methoxy groups -OCH3 is 1. The van der Waals surface area contributed by atoms with Crippen LogP contribution in [-0.2, 0) is 17.7 Å². The van der Waals surface area contributed by atoms with Gasteiger partial charge in [-0.25, -0.2) is 4.98 Å². The van der Waals surface area contributed by atoms with Crippen LogP contribution in [0, 0.1) is 0 Å². The largest absolute Gasteiger partial charge is 0.377 e. The SMILES string of the molecule is CCCNC(Cc1nccn1CC)C1(OC)CCCC1. The molecule has 1 N–H and O–H groups in total. The van der Waals surface area contributed by atoms with Gasteiger partial charge in [-0.2, -0.15) is 0 Å². The lowest BCUT2D eigenvalue weighted by atomic mass is 9.89. The van der Waals surface area contributed by atoms with E-state index in [-0.39, 0.29) is 5.60 Å². The molecular formula is C16H29N3O. The second-order valence-electron chi connectivity index (χ2n) is 5.82. The molecule has 114 valence electrons. The molecule has 1 aromatic rings. The normalized spacial score (nSPS) is 19.4. The lowest BCUT2D eigenvalue weighted by molar-refractivity contribution is -0.0361. The number of aryl methyl sites for hydroxylation is 1. The second kappa shape index (κ2) is 7.23. The van der Waals surface area contributed by atoms with Crippen LogP contribution >= 0.6 is 0 Å². The van der Waals surface area contributed by atoms with Gasteiger partial charge in [0, 0.05) is 38.5 Å². The van der Waals surface area contributed by atoms with Crippen LogP contribution in [0.1, 0.15) is 51.8 Å². The highest BCUT2D eigenvalue weighted by Crippen LogP contribution is 2.36. The Labute approximate surface area is 122 Å². The van der Waals surface area contributed by atoms with Crippen LogP contribution in [0.5, 0.6) is 0 Å². The summed E-state index contributed by atoms with van der Waals surface area (Å²) in [5.74, 6) is 1.17. The van der Waals surface area contributed by atoms with E-state index >= 15 is 0 Å². The third-order valence-electron chi connectivity index (χ3n) is 4.66. The molecule has 1 aromatic heterocycles. The predicted octanol–water partition coefficient (Wildman–Crippen LogP) is 2.77. The zero-order valence-electron chi connectivity index (χ0n) is 13.2. The Balaban J connectivity index is 2.14. The summed E-state index contributed by atoms with van der Waals surface area (Å²) in [6.45, 7) is 6.41. The van der Waals surface area contributed by atoms with Crippen LogP contribution in [0.2, 0.25) is 0 Å². The van der Waals surface area contributed by atoms with Crippen molar-refractivity contribution in [3.05, 3.63) is 18.2 Å². The first kappa shape index (κ1) is 15.5. The van der Waals surface area contributed by atoms with Crippen LogP contribution in [0.3, 0.4) is 0 Å². The van der Waals surface area contributed by atoms with Gasteiger partial charge >= 0.3 is 0 Å². The minimum atomic E-state index is -0.000306. The van der Waals surface area contributed by atoms with Crippen molar-refractivity contribution in [3.8, 4) is 0 Å². The van der Waals surface area contributed by atoms with Crippen molar-refractivity contribution in [2.75, 3.05) is 13.7 Å². The molecule has 1 heterocycles. The Kier molecular flexibility index (Phi) is 5.61. The van der Waals surface area contributed by atoms with Gasteiger partial charge in [-0.15, -0.1) is 0 Å². The molecule has 1 saturated carbocycles. The highest BCUT2D eigenvalue weighted by Gasteiger charge is 2.41. The molecular weight excluding hydrogens is 250 g/mol. The molecule has 4 nitrogen and oxygen atoms in total. The van der Waals surface area contributed by atoms with E-state index in [1.165, 1.54) is 18.7 Å². The molecule has 0 spiro atoms. The van der Waals surface area contributed by atoms with E-state index < -0.39 is 0 Å². The Morgan fingerprint density at radius 2 is 2.15 bits per heavy atom. The Morgan fingerprint density at radius 1 is 1.40 bits per heavy atom.